The summed E-state index contributed by atoms with van der Waals surface area (Å²) in [5.74, 6) is 0.637. The summed E-state index contributed by atoms with van der Waals surface area (Å²) in [7, 11) is 0. The fraction of sp³-hybridized carbons (Fsp3) is 0.438. The number of benzene rings is 1. The third kappa shape index (κ3) is 3.67. The van der Waals surface area contributed by atoms with Gasteiger partial charge in [-0.05, 0) is 31.9 Å². The molecule has 23 heavy (non-hydrogen) atoms. The number of para-hydroxylation sites is 1. The van der Waals surface area contributed by atoms with Crippen LogP contribution in [-0.2, 0) is 4.79 Å². The molecule has 3 rings (SSSR count). The third-order valence-corrected chi connectivity index (χ3v) is 3.85. The molecule has 0 spiro atoms. The van der Waals surface area contributed by atoms with Crippen LogP contribution in [0, 0.1) is 12.7 Å². The quantitative estimate of drug-likeness (QED) is 0.865. The van der Waals surface area contributed by atoms with Gasteiger partial charge >= 0.3 is 0 Å². The highest BCUT2D eigenvalue weighted by atomic mass is 19.1. The summed E-state index contributed by atoms with van der Waals surface area (Å²) >= 11 is 0. The van der Waals surface area contributed by atoms with Gasteiger partial charge in [-0.15, -0.1) is 0 Å². The van der Waals surface area contributed by atoms with Crippen LogP contribution in [0.5, 0.6) is 5.75 Å². The summed E-state index contributed by atoms with van der Waals surface area (Å²) in [5.41, 5.74) is 0. The molecule has 1 aromatic heterocycles. The highest BCUT2D eigenvalue weighted by Crippen LogP contribution is 2.25. The Bertz CT molecular complexity index is 689. The van der Waals surface area contributed by atoms with Crippen molar-refractivity contribution < 1.29 is 18.4 Å². The first-order chi connectivity index (χ1) is 11.1. The van der Waals surface area contributed by atoms with Crippen LogP contribution >= 0.6 is 0 Å². The average Bonchev–Trinajstić information content (AvgIpc) is 3.00. The number of likely N-dealkylation sites (tertiary alicyclic amines) is 1. The molecule has 1 aromatic carbocycles. The fourth-order valence-corrected chi connectivity index (χ4v) is 2.68. The summed E-state index contributed by atoms with van der Waals surface area (Å²) in [6.07, 6.45) is 1.76. The molecule has 1 atom stereocenters. The number of carbonyl (C=O) groups excluding carboxylic acids is 1. The van der Waals surface area contributed by atoms with E-state index in [2.05, 4.69) is 10.1 Å². The van der Waals surface area contributed by atoms with Crippen molar-refractivity contribution in [3.8, 4) is 5.75 Å². The molecule has 122 valence electrons. The second kappa shape index (κ2) is 6.76. The van der Waals surface area contributed by atoms with E-state index >= 15 is 0 Å². The minimum Gasteiger partial charge on any atom is -0.481 e. The van der Waals surface area contributed by atoms with Crippen molar-refractivity contribution in [3.05, 3.63) is 41.8 Å². The maximum absolute atomic E-state index is 13.5. The van der Waals surface area contributed by atoms with E-state index in [4.69, 9.17) is 9.26 Å². The number of nitrogens with zero attached hydrogens (tertiary/aromatic N) is 3. The maximum atomic E-state index is 13.5. The van der Waals surface area contributed by atoms with Gasteiger partial charge in [0, 0.05) is 13.1 Å². The van der Waals surface area contributed by atoms with Gasteiger partial charge in [0.25, 0.3) is 5.91 Å². The van der Waals surface area contributed by atoms with Crippen molar-refractivity contribution in [2.24, 2.45) is 0 Å². The number of aryl methyl sites for hydroxylation is 1. The number of piperidine rings is 1. The Labute approximate surface area is 133 Å². The van der Waals surface area contributed by atoms with Gasteiger partial charge in [-0.1, -0.05) is 17.3 Å². The maximum Gasteiger partial charge on any atom is 0.260 e. The molecule has 0 N–H and O–H groups in total. The minimum absolute atomic E-state index is 0.0439. The number of amides is 1. The summed E-state index contributed by atoms with van der Waals surface area (Å²) in [6, 6.07) is 6.04. The zero-order valence-corrected chi connectivity index (χ0v) is 12.9. The molecule has 0 aliphatic carbocycles. The second-order valence-corrected chi connectivity index (χ2v) is 5.58. The van der Waals surface area contributed by atoms with E-state index < -0.39 is 5.82 Å². The first-order valence-corrected chi connectivity index (χ1v) is 7.59. The molecule has 0 radical (unpaired) electrons. The van der Waals surface area contributed by atoms with Gasteiger partial charge in [-0.2, -0.15) is 4.98 Å². The molecule has 1 amide bonds. The van der Waals surface area contributed by atoms with Gasteiger partial charge in [0.2, 0.25) is 5.89 Å². The van der Waals surface area contributed by atoms with Gasteiger partial charge in [0.15, 0.2) is 24.0 Å². The van der Waals surface area contributed by atoms with E-state index in [1.807, 2.05) is 0 Å². The van der Waals surface area contributed by atoms with Crippen LogP contribution in [0.1, 0.15) is 30.5 Å². The number of aromatic nitrogens is 2. The Morgan fingerprint density at radius 1 is 1.48 bits per heavy atom. The zero-order valence-electron chi connectivity index (χ0n) is 12.9. The molecule has 7 heteroatoms. The summed E-state index contributed by atoms with van der Waals surface area (Å²) < 4.78 is 24.0. The van der Waals surface area contributed by atoms with Crippen molar-refractivity contribution in [1.29, 1.82) is 0 Å². The van der Waals surface area contributed by atoms with Crippen molar-refractivity contribution in [3.63, 3.8) is 0 Å². The van der Waals surface area contributed by atoms with Crippen LogP contribution in [-0.4, -0.2) is 40.6 Å². The number of ether oxygens (including phenoxy) is 1. The molecule has 1 aliphatic rings. The molecule has 0 saturated carbocycles. The average molecular weight is 319 g/mol. The van der Waals surface area contributed by atoms with Gasteiger partial charge in [0.05, 0.1) is 5.92 Å². The molecular weight excluding hydrogens is 301 g/mol. The Balaban J connectivity index is 1.58. The van der Waals surface area contributed by atoms with E-state index in [-0.39, 0.29) is 24.2 Å². The summed E-state index contributed by atoms with van der Waals surface area (Å²) in [4.78, 5) is 18.2. The normalized spacial score (nSPS) is 18.0. The van der Waals surface area contributed by atoms with Gasteiger partial charge in [-0.3, -0.25) is 4.79 Å². The number of hydrogen-bond acceptors (Lipinski definition) is 5. The van der Waals surface area contributed by atoms with E-state index in [0.717, 1.165) is 12.8 Å². The number of carbonyl (C=O) groups is 1. The third-order valence-electron chi connectivity index (χ3n) is 3.85. The van der Waals surface area contributed by atoms with Crippen LogP contribution in [0.15, 0.2) is 28.8 Å². The molecule has 6 nitrogen and oxygen atoms in total. The Kier molecular flexibility index (Phi) is 4.55. The second-order valence-electron chi connectivity index (χ2n) is 5.58. The van der Waals surface area contributed by atoms with Gasteiger partial charge in [-0.25, -0.2) is 4.39 Å². The number of halogens is 1. The SMILES string of the molecule is Cc1noc([C@@H]2CCCN(C(=O)COc3ccccc3F)C2)n1. The lowest BCUT2D eigenvalue weighted by molar-refractivity contribution is -0.134. The van der Waals surface area contributed by atoms with Crippen molar-refractivity contribution in [1.82, 2.24) is 15.0 Å². The van der Waals surface area contributed by atoms with E-state index in [9.17, 15) is 9.18 Å². The predicted octanol–water partition coefficient (Wildman–Crippen LogP) is 2.30. The molecule has 1 aliphatic heterocycles. The topological polar surface area (TPSA) is 68.5 Å². The highest BCUT2D eigenvalue weighted by Gasteiger charge is 2.28. The predicted molar refractivity (Wildman–Crippen MR) is 79.5 cm³/mol. The Hall–Kier alpha value is -2.44. The monoisotopic (exact) mass is 319 g/mol. The van der Waals surface area contributed by atoms with Crippen molar-refractivity contribution in [2.75, 3.05) is 19.7 Å². The fourth-order valence-electron chi connectivity index (χ4n) is 2.68. The summed E-state index contributed by atoms with van der Waals surface area (Å²) in [6.45, 7) is 2.75. The van der Waals surface area contributed by atoms with E-state index in [0.29, 0.717) is 24.8 Å². The molecule has 1 saturated heterocycles. The highest BCUT2D eigenvalue weighted by molar-refractivity contribution is 5.78. The summed E-state index contributed by atoms with van der Waals surface area (Å²) in [5, 5.41) is 3.79. The Morgan fingerprint density at radius 2 is 2.30 bits per heavy atom. The van der Waals surface area contributed by atoms with Crippen molar-refractivity contribution >= 4 is 5.91 Å². The van der Waals surface area contributed by atoms with E-state index in [1.165, 1.54) is 12.1 Å². The van der Waals surface area contributed by atoms with Crippen LogP contribution in [0.2, 0.25) is 0 Å². The first-order valence-electron chi connectivity index (χ1n) is 7.59. The van der Waals surface area contributed by atoms with Gasteiger partial charge in [0.1, 0.15) is 0 Å². The lowest BCUT2D eigenvalue weighted by Gasteiger charge is -2.30. The Morgan fingerprint density at radius 3 is 3.04 bits per heavy atom. The lowest BCUT2D eigenvalue weighted by Crippen LogP contribution is -2.41. The van der Waals surface area contributed by atoms with Crippen LogP contribution in [0.25, 0.3) is 0 Å². The van der Waals surface area contributed by atoms with E-state index in [1.54, 1.807) is 24.0 Å². The molecule has 1 fully saturated rings. The molecular formula is C16H18FN3O3. The molecule has 0 bridgehead atoms. The lowest BCUT2D eigenvalue weighted by atomic mass is 9.98. The number of hydrogen-bond donors (Lipinski definition) is 0. The van der Waals surface area contributed by atoms with Crippen LogP contribution < -0.4 is 4.74 Å². The van der Waals surface area contributed by atoms with Crippen LogP contribution in [0.3, 0.4) is 0 Å². The van der Waals surface area contributed by atoms with Crippen molar-refractivity contribution in [2.45, 2.75) is 25.7 Å². The number of rotatable bonds is 4. The molecule has 2 aromatic rings. The standard InChI is InChI=1S/C16H18FN3O3/c1-11-18-16(23-19-11)12-5-4-8-20(9-12)15(21)10-22-14-7-3-2-6-13(14)17/h2-3,6-7,12H,4-5,8-10H2,1H3/t12-/m1/s1. The van der Waals surface area contributed by atoms with Gasteiger partial charge < -0.3 is 14.2 Å². The van der Waals surface area contributed by atoms with Crippen LogP contribution in [0.4, 0.5) is 4.39 Å². The zero-order chi connectivity index (χ0) is 16.2. The molecule has 0 unspecified atom stereocenters. The molecule has 2 heterocycles. The largest absolute Gasteiger partial charge is 0.481 e. The minimum atomic E-state index is -0.474. The smallest absolute Gasteiger partial charge is 0.260 e. The first kappa shape index (κ1) is 15.5.